The van der Waals surface area contributed by atoms with Gasteiger partial charge in [0.15, 0.2) is 0 Å². The zero-order valence-corrected chi connectivity index (χ0v) is 12.6. The van der Waals surface area contributed by atoms with Crippen molar-refractivity contribution in [3.63, 3.8) is 0 Å². The van der Waals surface area contributed by atoms with Gasteiger partial charge in [0.1, 0.15) is 0 Å². The maximum absolute atomic E-state index is 6.45. The summed E-state index contributed by atoms with van der Waals surface area (Å²) in [4.78, 5) is 0. The molecule has 0 spiro atoms. The molecule has 0 aromatic carbocycles. The minimum Gasteiger partial charge on any atom is -0.373 e. The Hall–Kier alpha value is 0.0169. The van der Waals surface area contributed by atoms with Gasteiger partial charge in [0.05, 0.1) is 5.16 Å². The molecule has 0 heterocycles. The highest BCUT2D eigenvalue weighted by Gasteiger charge is 2.57. The number of hydrogen-bond acceptors (Lipinski definition) is 5. The molecule has 0 aromatic rings. The fraction of sp³-hybridized carbons (Fsp3) is 1.00. The maximum Gasteiger partial charge on any atom is 0.521 e. The van der Waals surface area contributed by atoms with Crippen LogP contribution in [0.15, 0.2) is 0 Å². The van der Waals surface area contributed by atoms with Crippen molar-refractivity contribution < 1.29 is 13.3 Å². The van der Waals surface area contributed by atoms with Crippen molar-refractivity contribution in [2.75, 3.05) is 26.4 Å². The van der Waals surface area contributed by atoms with E-state index < -0.39 is 14.0 Å². The average molecular weight is 264 g/mol. The largest absolute Gasteiger partial charge is 0.521 e. The van der Waals surface area contributed by atoms with Crippen molar-refractivity contribution in [2.45, 2.75) is 45.7 Å². The molecule has 0 saturated carbocycles. The molecule has 0 fully saturated rings. The smallest absolute Gasteiger partial charge is 0.373 e. The third-order valence-electron chi connectivity index (χ3n) is 2.83. The molecular formula is C11H28N2O3Si. The van der Waals surface area contributed by atoms with Gasteiger partial charge in [0.2, 0.25) is 0 Å². The van der Waals surface area contributed by atoms with Crippen LogP contribution in [0.3, 0.4) is 0 Å². The molecule has 6 heteroatoms. The number of hydrogen-bond donors (Lipinski definition) is 2. The molecule has 0 aromatic heterocycles. The zero-order valence-electron chi connectivity index (χ0n) is 11.6. The second kappa shape index (κ2) is 8.18. The van der Waals surface area contributed by atoms with Gasteiger partial charge in [-0.2, -0.15) is 0 Å². The van der Waals surface area contributed by atoms with Gasteiger partial charge < -0.3 is 24.7 Å². The van der Waals surface area contributed by atoms with Crippen molar-refractivity contribution in [1.29, 1.82) is 0 Å². The Morgan fingerprint density at radius 3 is 1.59 bits per heavy atom. The first-order valence-corrected chi connectivity index (χ1v) is 8.19. The van der Waals surface area contributed by atoms with Gasteiger partial charge in [-0.25, -0.2) is 0 Å². The van der Waals surface area contributed by atoms with Crippen LogP contribution in [0.1, 0.15) is 40.5 Å². The minimum atomic E-state index is -2.87. The lowest BCUT2D eigenvalue weighted by Gasteiger charge is -2.42. The number of nitrogens with two attached hydrogens (primary N) is 2. The van der Waals surface area contributed by atoms with Crippen molar-refractivity contribution in [3.8, 4) is 0 Å². The van der Waals surface area contributed by atoms with Gasteiger partial charge in [-0.05, 0) is 40.2 Å². The van der Waals surface area contributed by atoms with Crippen molar-refractivity contribution in [1.82, 2.24) is 0 Å². The van der Waals surface area contributed by atoms with E-state index in [0.29, 0.717) is 32.8 Å². The Morgan fingerprint density at radius 1 is 0.941 bits per heavy atom. The van der Waals surface area contributed by atoms with Gasteiger partial charge in [-0.3, -0.25) is 0 Å². The summed E-state index contributed by atoms with van der Waals surface area (Å²) in [7, 11) is -2.87. The normalized spacial score (nSPS) is 15.9. The summed E-state index contributed by atoms with van der Waals surface area (Å²) < 4.78 is 17.5. The fourth-order valence-corrected chi connectivity index (χ4v) is 5.07. The quantitative estimate of drug-likeness (QED) is 0.576. The second-order valence-electron chi connectivity index (χ2n) is 3.90. The molecule has 1 unspecified atom stereocenters. The summed E-state index contributed by atoms with van der Waals surface area (Å²) in [6.45, 7) is 9.93. The lowest BCUT2D eigenvalue weighted by Crippen LogP contribution is -2.70. The Kier molecular flexibility index (Phi) is 8.19. The van der Waals surface area contributed by atoms with E-state index in [2.05, 4.69) is 0 Å². The third kappa shape index (κ3) is 4.01. The molecule has 0 saturated heterocycles. The monoisotopic (exact) mass is 264 g/mol. The molecule has 1 atom stereocenters. The van der Waals surface area contributed by atoms with Crippen LogP contribution in [0, 0.1) is 0 Å². The summed E-state index contributed by atoms with van der Waals surface area (Å²) >= 11 is 0. The molecule has 0 aliphatic rings. The second-order valence-corrected chi connectivity index (χ2v) is 6.88. The highest BCUT2D eigenvalue weighted by Crippen LogP contribution is 2.28. The standard InChI is InChI=1S/C11H28N2O3Si/c1-5-11(13,9-10-12)17(14-6-2,15-7-3)16-8-4/h5-10,12-13H2,1-4H3. The predicted molar refractivity (Wildman–Crippen MR) is 71.5 cm³/mol. The molecule has 4 N–H and O–H groups in total. The Morgan fingerprint density at radius 2 is 1.35 bits per heavy atom. The first-order valence-electron chi connectivity index (χ1n) is 6.46. The van der Waals surface area contributed by atoms with E-state index in [0.717, 1.165) is 6.42 Å². The van der Waals surface area contributed by atoms with Crippen molar-refractivity contribution in [2.24, 2.45) is 11.5 Å². The van der Waals surface area contributed by atoms with Crippen molar-refractivity contribution >= 4 is 8.80 Å². The Bertz CT molecular complexity index is 190. The van der Waals surface area contributed by atoms with Crippen LogP contribution < -0.4 is 11.5 Å². The van der Waals surface area contributed by atoms with Gasteiger partial charge in [0, 0.05) is 19.8 Å². The van der Waals surface area contributed by atoms with Crippen LogP contribution in [-0.2, 0) is 13.3 Å². The fourth-order valence-electron chi connectivity index (χ4n) is 1.93. The van der Waals surface area contributed by atoms with Crippen LogP contribution in [0.5, 0.6) is 0 Å². The van der Waals surface area contributed by atoms with Crippen LogP contribution in [0.4, 0.5) is 0 Å². The van der Waals surface area contributed by atoms with Gasteiger partial charge >= 0.3 is 8.80 Å². The molecular weight excluding hydrogens is 236 g/mol. The zero-order chi connectivity index (χ0) is 13.4. The van der Waals surface area contributed by atoms with E-state index in [4.69, 9.17) is 24.7 Å². The first-order chi connectivity index (χ1) is 8.05. The summed E-state index contributed by atoms with van der Waals surface area (Å²) in [5, 5.41) is -0.593. The molecule has 17 heavy (non-hydrogen) atoms. The molecule has 5 nitrogen and oxygen atoms in total. The molecule has 0 aliphatic heterocycles. The molecule has 0 aliphatic carbocycles. The van der Waals surface area contributed by atoms with E-state index in [-0.39, 0.29) is 0 Å². The summed E-state index contributed by atoms with van der Waals surface area (Å²) in [5.74, 6) is 0. The predicted octanol–water partition coefficient (Wildman–Crippen LogP) is 1.03. The molecule has 0 bridgehead atoms. The van der Waals surface area contributed by atoms with Crippen LogP contribution in [-0.4, -0.2) is 40.3 Å². The Labute approximate surface area is 106 Å². The average Bonchev–Trinajstić information content (AvgIpc) is 2.30. The highest BCUT2D eigenvalue weighted by atomic mass is 28.4. The summed E-state index contributed by atoms with van der Waals surface area (Å²) in [6, 6.07) is 0. The van der Waals surface area contributed by atoms with E-state index in [1.807, 2.05) is 27.7 Å². The van der Waals surface area contributed by atoms with E-state index >= 15 is 0 Å². The molecule has 0 amide bonds. The molecule has 104 valence electrons. The molecule has 0 rings (SSSR count). The van der Waals surface area contributed by atoms with Gasteiger partial charge in [-0.15, -0.1) is 0 Å². The van der Waals surface area contributed by atoms with Crippen molar-refractivity contribution in [3.05, 3.63) is 0 Å². The van der Waals surface area contributed by atoms with Gasteiger partial charge in [-0.1, -0.05) is 6.92 Å². The maximum atomic E-state index is 6.45. The lowest BCUT2D eigenvalue weighted by atomic mass is 10.1. The summed E-state index contributed by atoms with van der Waals surface area (Å²) in [5.41, 5.74) is 12.1. The van der Waals surface area contributed by atoms with Crippen LogP contribution >= 0.6 is 0 Å². The Balaban J connectivity index is 5.17. The SMILES string of the molecule is CCO[Si](OCC)(OCC)C(N)(CC)CCN. The first kappa shape index (κ1) is 17.0. The van der Waals surface area contributed by atoms with E-state index in [9.17, 15) is 0 Å². The van der Waals surface area contributed by atoms with E-state index in [1.54, 1.807) is 0 Å². The summed E-state index contributed by atoms with van der Waals surface area (Å²) in [6.07, 6.45) is 1.38. The van der Waals surface area contributed by atoms with E-state index in [1.165, 1.54) is 0 Å². The third-order valence-corrected chi connectivity index (χ3v) is 6.66. The van der Waals surface area contributed by atoms with Gasteiger partial charge in [0.25, 0.3) is 0 Å². The number of rotatable bonds is 10. The van der Waals surface area contributed by atoms with Crippen LogP contribution in [0.25, 0.3) is 0 Å². The van der Waals surface area contributed by atoms with Crippen LogP contribution in [0.2, 0.25) is 0 Å². The highest BCUT2D eigenvalue weighted by molar-refractivity contribution is 6.64. The minimum absolute atomic E-state index is 0.506. The lowest BCUT2D eigenvalue weighted by molar-refractivity contribution is 0.0426. The topological polar surface area (TPSA) is 79.7 Å². The molecule has 0 radical (unpaired) electrons.